The van der Waals surface area contributed by atoms with Crippen molar-refractivity contribution in [3.8, 4) is 5.75 Å². The third-order valence-corrected chi connectivity index (χ3v) is 4.18. The average molecular weight is 352 g/mol. The summed E-state index contributed by atoms with van der Waals surface area (Å²) in [6.45, 7) is 0. The molecule has 2 aromatic rings. The topological polar surface area (TPSA) is 101 Å². The number of hydrazone groups is 1. The number of phenols is 1. The number of phenolic OH excluding ortho intramolecular Hbond substituents is 1. The minimum atomic E-state index is -0.758. The Morgan fingerprint density at radius 3 is 3.00 bits per heavy atom. The van der Waals surface area contributed by atoms with E-state index in [0.29, 0.717) is 15.6 Å². The number of fused-ring (bicyclic) bond motifs is 3. The normalized spacial score (nSPS) is 14.5. The molecule has 0 spiro atoms. The number of nitrogens with two attached hydrogens (primary N) is 1. The van der Waals surface area contributed by atoms with Crippen LogP contribution >= 0.6 is 15.9 Å². The molecule has 0 saturated carbocycles. The van der Waals surface area contributed by atoms with Gasteiger partial charge in [0.25, 0.3) is 0 Å². The number of aryl methyl sites for hydroxylation is 2. The van der Waals surface area contributed by atoms with Crippen molar-refractivity contribution in [2.75, 3.05) is 0 Å². The highest BCUT2D eigenvalue weighted by Crippen LogP contribution is 2.40. The van der Waals surface area contributed by atoms with Gasteiger partial charge in [0.2, 0.25) is 0 Å². The van der Waals surface area contributed by atoms with E-state index in [9.17, 15) is 9.90 Å². The lowest BCUT2D eigenvalue weighted by Crippen LogP contribution is -2.24. The second-order valence-electron chi connectivity index (χ2n) is 4.94. The highest BCUT2D eigenvalue weighted by Gasteiger charge is 2.22. The minimum Gasteiger partial charge on any atom is -0.506 e. The number of nitrogens with zero attached hydrogens (tertiary/aromatic N) is 1. The Kier molecular flexibility index (Phi) is 3.59. The molecule has 4 N–H and O–H groups in total. The van der Waals surface area contributed by atoms with Gasteiger partial charge in [-0.25, -0.2) is 10.2 Å². The fraction of sp³-hybridized carbons (Fsp3) is 0.286. The summed E-state index contributed by atoms with van der Waals surface area (Å²) in [6, 6.07) is 0.994. The van der Waals surface area contributed by atoms with Crippen LogP contribution in [0, 0.1) is 0 Å². The highest BCUT2D eigenvalue weighted by atomic mass is 79.9. The molecule has 1 aromatic heterocycles. The molecule has 1 aliphatic carbocycles. The Morgan fingerprint density at radius 2 is 2.24 bits per heavy atom. The van der Waals surface area contributed by atoms with Crippen LogP contribution < -0.4 is 11.2 Å². The lowest BCUT2D eigenvalue weighted by Gasteiger charge is -2.10. The van der Waals surface area contributed by atoms with Crippen LogP contribution in [0.4, 0.5) is 4.79 Å². The second-order valence-corrected chi connectivity index (χ2v) is 5.79. The van der Waals surface area contributed by atoms with Crippen LogP contribution in [0.3, 0.4) is 0 Å². The van der Waals surface area contributed by atoms with Crippen LogP contribution in [0.25, 0.3) is 11.0 Å². The number of primary amides is 1. The van der Waals surface area contributed by atoms with E-state index < -0.39 is 6.03 Å². The molecule has 0 atom stereocenters. The van der Waals surface area contributed by atoms with Crippen LogP contribution in [0.2, 0.25) is 0 Å². The zero-order valence-electron chi connectivity index (χ0n) is 11.1. The van der Waals surface area contributed by atoms with Gasteiger partial charge in [0, 0.05) is 22.9 Å². The third-order valence-electron chi connectivity index (χ3n) is 3.58. The third kappa shape index (κ3) is 2.49. The smallest absolute Gasteiger partial charge is 0.332 e. The van der Waals surface area contributed by atoms with Gasteiger partial charge in [-0.2, -0.15) is 5.10 Å². The highest BCUT2D eigenvalue weighted by molar-refractivity contribution is 9.10. The number of halogens is 1. The zero-order valence-corrected chi connectivity index (χ0v) is 12.7. The van der Waals surface area contributed by atoms with Crippen molar-refractivity contribution in [3.05, 3.63) is 27.4 Å². The van der Waals surface area contributed by atoms with Crippen LogP contribution in [0.1, 0.15) is 29.7 Å². The van der Waals surface area contributed by atoms with E-state index in [0.717, 1.165) is 42.4 Å². The van der Waals surface area contributed by atoms with E-state index in [-0.39, 0.29) is 5.75 Å². The number of furan rings is 1. The SMILES string of the molecule is NC(=O)N/N=C\c1c(O)c(Br)cc2oc3c(c12)CCCC3. The molecule has 1 aromatic carbocycles. The van der Waals surface area contributed by atoms with Gasteiger partial charge in [-0.3, -0.25) is 0 Å². The number of rotatable bonds is 2. The molecule has 1 heterocycles. The Balaban J connectivity index is 2.19. The monoisotopic (exact) mass is 351 g/mol. The van der Waals surface area contributed by atoms with Crippen LogP contribution in [0.5, 0.6) is 5.75 Å². The summed E-state index contributed by atoms with van der Waals surface area (Å²) in [5.41, 5.74) is 9.43. The number of nitrogens with one attached hydrogen (secondary N) is 1. The number of amides is 2. The van der Waals surface area contributed by atoms with Gasteiger partial charge in [-0.05, 0) is 41.3 Å². The van der Waals surface area contributed by atoms with Crippen molar-refractivity contribution >= 4 is 39.1 Å². The molecule has 3 rings (SSSR count). The van der Waals surface area contributed by atoms with E-state index in [1.807, 2.05) is 0 Å². The number of hydrogen-bond donors (Lipinski definition) is 3. The molecule has 0 bridgehead atoms. The minimum absolute atomic E-state index is 0.0618. The number of urea groups is 1. The first kappa shape index (κ1) is 13.9. The van der Waals surface area contributed by atoms with Gasteiger partial charge in [0.1, 0.15) is 17.1 Å². The lowest BCUT2D eigenvalue weighted by molar-refractivity contribution is 0.249. The Bertz CT molecular complexity index is 752. The Hall–Kier alpha value is -2.02. The molecule has 0 saturated heterocycles. The van der Waals surface area contributed by atoms with Gasteiger partial charge < -0.3 is 15.3 Å². The van der Waals surface area contributed by atoms with Crippen molar-refractivity contribution in [1.29, 1.82) is 0 Å². The fourth-order valence-corrected chi connectivity index (χ4v) is 3.12. The molecular weight excluding hydrogens is 338 g/mol. The standard InChI is InChI=1S/C14H14BrN3O3/c15-9-5-11-12(7-3-1-2-4-10(7)21-11)8(13(9)19)6-17-18-14(16)20/h5-6,19H,1-4H2,(H3,16,18,20)/b17-6-. The Labute approximate surface area is 129 Å². The molecule has 7 heteroatoms. The average Bonchev–Trinajstić information content (AvgIpc) is 2.80. The van der Waals surface area contributed by atoms with Crippen molar-refractivity contribution in [1.82, 2.24) is 5.43 Å². The quantitative estimate of drug-likeness (QED) is 0.572. The van der Waals surface area contributed by atoms with Crippen LogP contribution in [0.15, 0.2) is 20.1 Å². The summed E-state index contributed by atoms with van der Waals surface area (Å²) < 4.78 is 6.39. The van der Waals surface area contributed by atoms with E-state index >= 15 is 0 Å². The Morgan fingerprint density at radius 1 is 1.48 bits per heavy atom. The predicted molar refractivity (Wildman–Crippen MR) is 82.5 cm³/mol. The molecule has 110 valence electrons. The number of benzene rings is 1. The molecule has 2 amide bonds. The van der Waals surface area contributed by atoms with Gasteiger partial charge in [-0.1, -0.05) is 0 Å². The molecule has 0 aliphatic heterocycles. The first-order chi connectivity index (χ1) is 10.1. The second kappa shape index (κ2) is 5.40. The summed E-state index contributed by atoms with van der Waals surface area (Å²) in [5.74, 6) is 1.03. The zero-order chi connectivity index (χ0) is 15.0. The van der Waals surface area contributed by atoms with Crippen molar-refractivity contribution in [3.63, 3.8) is 0 Å². The summed E-state index contributed by atoms with van der Waals surface area (Å²) in [6.07, 6.45) is 5.39. The van der Waals surface area contributed by atoms with Crippen LogP contribution in [-0.4, -0.2) is 17.4 Å². The molecule has 0 unspecified atom stereocenters. The molecular formula is C14H14BrN3O3. The number of carbonyl (C=O) groups is 1. The summed E-state index contributed by atoms with van der Waals surface area (Å²) in [5, 5.41) is 14.9. The van der Waals surface area contributed by atoms with E-state index in [4.69, 9.17) is 10.2 Å². The predicted octanol–water partition coefficient (Wildman–Crippen LogP) is 2.78. The summed E-state index contributed by atoms with van der Waals surface area (Å²) >= 11 is 3.30. The maximum absolute atomic E-state index is 10.7. The molecule has 1 aliphatic rings. The van der Waals surface area contributed by atoms with E-state index in [2.05, 4.69) is 26.5 Å². The fourth-order valence-electron chi connectivity index (χ4n) is 2.70. The first-order valence-corrected chi connectivity index (χ1v) is 7.41. The molecule has 0 fully saturated rings. The number of carbonyl (C=O) groups excluding carboxylic acids is 1. The van der Waals surface area contributed by atoms with Gasteiger partial charge in [0.15, 0.2) is 0 Å². The van der Waals surface area contributed by atoms with Gasteiger partial charge >= 0.3 is 6.03 Å². The van der Waals surface area contributed by atoms with E-state index in [1.54, 1.807) is 6.07 Å². The first-order valence-electron chi connectivity index (χ1n) is 6.62. The van der Waals surface area contributed by atoms with Crippen molar-refractivity contribution in [2.45, 2.75) is 25.7 Å². The van der Waals surface area contributed by atoms with Crippen LogP contribution in [-0.2, 0) is 12.8 Å². The molecule has 6 nitrogen and oxygen atoms in total. The van der Waals surface area contributed by atoms with Gasteiger partial charge in [0.05, 0.1) is 10.7 Å². The maximum Gasteiger partial charge on any atom is 0.332 e. The molecule has 21 heavy (non-hydrogen) atoms. The van der Waals surface area contributed by atoms with Gasteiger partial charge in [-0.15, -0.1) is 0 Å². The maximum atomic E-state index is 10.7. The van der Waals surface area contributed by atoms with Crippen molar-refractivity contribution in [2.24, 2.45) is 10.8 Å². The summed E-state index contributed by atoms with van der Waals surface area (Å²) in [7, 11) is 0. The number of aromatic hydroxyl groups is 1. The number of hydrogen-bond acceptors (Lipinski definition) is 4. The largest absolute Gasteiger partial charge is 0.506 e. The van der Waals surface area contributed by atoms with E-state index in [1.165, 1.54) is 6.21 Å². The lowest BCUT2D eigenvalue weighted by atomic mass is 9.94. The van der Waals surface area contributed by atoms with Crippen molar-refractivity contribution < 1.29 is 14.3 Å². The summed E-state index contributed by atoms with van der Waals surface area (Å²) in [4.78, 5) is 10.7. The molecule has 0 radical (unpaired) electrons.